The van der Waals surface area contributed by atoms with Crippen LogP contribution in [0.2, 0.25) is 25.7 Å². The van der Waals surface area contributed by atoms with Crippen LogP contribution >= 0.6 is 15.9 Å². The Morgan fingerprint density at radius 2 is 1.82 bits per heavy atom. The van der Waals surface area contributed by atoms with E-state index in [9.17, 15) is 9.59 Å². The summed E-state index contributed by atoms with van der Waals surface area (Å²) < 4.78 is 25.1. The summed E-state index contributed by atoms with van der Waals surface area (Å²) >= 11 is 3.64. The average Bonchev–Trinajstić information content (AvgIpc) is 3.16. The van der Waals surface area contributed by atoms with E-state index < -0.39 is 31.8 Å². The van der Waals surface area contributed by atoms with E-state index in [4.69, 9.17) is 18.9 Å². The Morgan fingerprint density at radius 1 is 1.13 bits per heavy atom. The van der Waals surface area contributed by atoms with Crippen LogP contribution in [0.15, 0.2) is 47.2 Å². The van der Waals surface area contributed by atoms with Gasteiger partial charge in [-0.3, -0.25) is 0 Å². The van der Waals surface area contributed by atoms with Gasteiger partial charge in [-0.2, -0.15) is 0 Å². The van der Waals surface area contributed by atoms with E-state index in [0.717, 1.165) is 33.7 Å². The SMILES string of the molecule is COC(=O)[C@H](Cc1ccc(Oc2ccnc3c2c(Br)cn3COCC[Si](C)(C)C)cc1)NC(=O)OC(C)(C)C. The van der Waals surface area contributed by atoms with E-state index in [0.29, 0.717) is 18.2 Å². The molecule has 1 N–H and O–H groups in total. The number of halogens is 1. The lowest BCUT2D eigenvalue weighted by atomic mass is 10.1. The Balaban J connectivity index is 1.70. The van der Waals surface area contributed by atoms with Crippen molar-refractivity contribution in [3.05, 3.63) is 52.8 Å². The quantitative estimate of drug-likeness (QED) is 0.148. The number of nitrogens with one attached hydrogen (secondary N) is 1. The summed E-state index contributed by atoms with van der Waals surface area (Å²) in [5.41, 5.74) is 0.897. The lowest BCUT2D eigenvalue weighted by Gasteiger charge is -2.22. The Labute approximate surface area is 239 Å². The van der Waals surface area contributed by atoms with Crippen LogP contribution in [0.25, 0.3) is 11.0 Å². The second-order valence-electron chi connectivity index (χ2n) is 11.5. The van der Waals surface area contributed by atoms with Crippen molar-refractivity contribution in [2.24, 2.45) is 0 Å². The number of fused-ring (bicyclic) bond motifs is 1. The number of carbonyl (C=O) groups is 2. The molecule has 0 bridgehead atoms. The van der Waals surface area contributed by atoms with Crippen LogP contribution in [0.4, 0.5) is 4.79 Å². The van der Waals surface area contributed by atoms with Gasteiger partial charge in [-0.25, -0.2) is 14.6 Å². The smallest absolute Gasteiger partial charge is 0.408 e. The number of methoxy groups -OCH3 is 1. The number of hydrogen-bond acceptors (Lipinski definition) is 7. The number of benzene rings is 1. The fraction of sp³-hybridized carbons (Fsp3) is 0.464. The molecule has 0 unspecified atom stereocenters. The lowest BCUT2D eigenvalue weighted by molar-refractivity contribution is -0.143. The van der Waals surface area contributed by atoms with Crippen molar-refractivity contribution in [3.8, 4) is 11.5 Å². The largest absolute Gasteiger partial charge is 0.467 e. The molecule has 3 aromatic rings. The number of rotatable bonds is 11. The van der Waals surface area contributed by atoms with Crippen LogP contribution in [0.1, 0.15) is 26.3 Å². The van der Waals surface area contributed by atoms with Crippen molar-refractivity contribution in [2.75, 3.05) is 13.7 Å². The first kappa shape index (κ1) is 30.6. The molecule has 0 aliphatic rings. The molecule has 2 heterocycles. The Bertz CT molecular complexity index is 1280. The molecule has 1 aromatic carbocycles. The second kappa shape index (κ2) is 13.0. The summed E-state index contributed by atoms with van der Waals surface area (Å²) in [4.78, 5) is 29.0. The van der Waals surface area contributed by atoms with Gasteiger partial charge in [0.15, 0.2) is 0 Å². The maximum absolute atomic E-state index is 12.3. The minimum absolute atomic E-state index is 0.234. The summed E-state index contributed by atoms with van der Waals surface area (Å²) in [6.07, 6.45) is 3.21. The van der Waals surface area contributed by atoms with Gasteiger partial charge in [-0.15, -0.1) is 0 Å². The van der Waals surface area contributed by atoms with Gasteiger partial charge < -0.3 is 28.8 Å². The Kier molecular flexibility index (Phi) is 10.2. The van der Waals surface area contributed by atoms with Gasteiger partial charge >= 0.3 is 12.1 Å². The van der Waals surface area contributed by atoms with Crippen molar-refractivity contribution in [1.82, 2.24) is 14.9 Å². The standard InChI is InChI=1S/C28H38BrN3O6Si/c1-28(2,3)38-27(34)31-22(26(33)35-4)16-19-8-10-20(11-9-19)37-23-12-13-30-25-24(23)21(29)17-32(25)18-36-14-15-39(5,6)7/h8-13,17,22H,14-16,18H2,1-7H3,(H,31,34)/t22-/m0/s1. The van der Waals surface area contributed by atoms with Gasteiger partial charge in [-0.05, 0) is 66.5 Å². The van der Waals surface area contributed by atoms with Crippen LogP contribution in [0, 0.1) is 0 Å². The normalized spacial score (nSPS) is 12.7. The van der Waals surface area contributed by atoms with Gasteiger partial charge in [-0.1, -0.05) is 31.8 Å². The van der Waals surface area contributed by atoms with Crippen molar-refractivity contribution in [3.63, 3.8) is 0 Å². The van der Waals surface area contributed by atoms with Crippen LogP contribution in [-0.2, 0) is 32.2 Å². The highest BCUT2D eigenvalue weighted by atomic mass is 79.9. The molecule has 3 rings (SSSR count). The predicted octanol–water partition coefficient (Wildman–Crippen LogP) is 6.51. The van der Waals surface area contributed by atoms with Gasteiger partial charge in [0.2, 0.25) is 0 Å². The third-order valence-corrected chi connectivity index (χ3v) is 7.97. The number of pyridine rings is 1. The van der Waals surface area contributed by atoms with Crippen molar-refractivity contribution < 1.29 is 28.5 Å². The molecule has 11 heteroatoms. The summed E-state index contributed by atoms with van der Waals surface area (Å²) in [6.45, 7) is 13.4. The number of ether oxygens (including phenoxy) is 4. The summed E-state index contributed by atoms with van der Waals surface area (Å²) in [5.74, 6) is 0.714. The first-order valence-corrected chi connectivity index (χ1v) is 17.3. The molecular weight excluding hydrogens is 582 g/mol. The zero-order valence-electron chi connectivity index (χ0n) is 23.7. The van der Waals surface area contributed by atoms with E-state index in [1.54, 1.807) is 27.0 Å². The van der Waals surface area contributed by atoms with Gasteiger partial charge in [0.25, 0.3) is 0 Å². The molecule has 0 saturated heterocycles. The highest BCUT2D eigenvalue weighted by Gasteiger charge is 2.25. The van der Waals surface area contributed by atoms with Gasteiger partial charge in [0, 0.05) is 38.0 Å². The lowest BCUT2D eigenvalue weighted by Crippen LogP contribution is -2.45. The van der Waals surface area contributed by atoms with E-state index in [-0.39, 0.29) is 6.42 Å². The van der Waals surface area contributed by atoms with Crippen LogP contribution in [0.5, 0.6) is 11.5 Å². The van der Waals surface area contributed by atoms with E-state index >= 15 is 0 Å². The number of nitrogens with zero attached hydrogens (tertiary/aromatic N) is 2. The Hall–Kier alpha value is -2.89. The average molecular weight is 621 g/mol. The van der Waals surface area contributed by atoms with Crippen molar-refractivity contribution >= 4 is 47.1 Å². The molecule has 9 nitrogen and oxygen atoms in total. The number of carbonyl (C=O) groups excluding carboxylic acids is 2. The topological polar surface area (TPSA) is 101 Å². The number of aromatic nitrogens is 2. The molecule has 0 fully saturated rings. The molecule has 1 atom stereocenters. The van der Waals surface area contributed by atoms with Crippen molar-refractivity contribution in [2.45, 2.75) is 71.3 Å². The first-order chi connectivity index (χ1) is 18.3. The Morgan fingerprint density at radius 3 is 2.44 bits per heavy atom. The van der Waals surface area contributed by atoms with Crippen LogP contribution in [0.3, 0.4) is 0 Å². The highest BCUT2D eigenvalue weighted by Crippen LogP contribution is 2.35. The molecule has 212 valence electrons. The maximum Gasteiger partial charge on any atom is 0.408 e. The molecule has 1 amide bonds. The fourth-order valence-corrected chi connectivity index (χ4v) is 5.08. The molecule has 0 aliphatic carbocycles. The fourth-order valence-electron chi connectivity index (χ4n) is 3.70. The minimum Gasteiger partial charge on any atom is -0.467 e. The number of hydrogen-bond donors (Lipinski definition) is 1. The van der Waals surface area contributed by atoms with Gasteiger partial charge in [0.1, 0.15) is 35.5 Å². The predicted molar refractivity (Wildman–Crippen MR) is 157 cm³/mol. The van der Waals surface area contributed by atoms with Crippen LogP contribution in [-0.4, -0.2) is 55.0 Å². The van der Waals surface area contributed by atoms with E-state index in [2.05, 4.69) is 45.9 Å². The molecule has 39 heavy (non-hydrogen) atoms. The summed E-state index contributed by atoms with van der Waals surface area (Å²) in [5, 5.41) is 3.44. The molecule has 0 saturated carbocycles. The van der Waals surface area contributed by atoms with E-state index in [1.807, 2.05) is 41.1 Å². The van der Waals surface area contributed by atoms with E-state index in [1.165, 1.54) is 7.11 Å². The number of esters is 1. The third-order valence-electron chi connectivity index (χ3n) is 5.67. The summed E-state index contributed by atoms with van der Waals surface area (Å²) in [6, 6.07) is 9.33. The highest BCUT2D eigenvalue weighted by molar-refractivity contribution is 9.10. The first-order valence-electron chi connectivity index (χ1n) is 12.8. The van der Waals surface area contributed by atoms with Crippen molar-refractivity contribution in [1.29, 1.82) is 0 Å². The maximum atomic E-state index is 12.3. The second-order valence-corrected chi connectivity index (χ2v) is 18.0. The number of alkyl carbamates (subject to hydrolysis) is 1. The molecule has 0 radical (unpaired) electrons. The zero-order valence-corrected chi connectivity index (χ0v) is 26.3. The number of amides is 1. The molecule has 2 aromatic heterocycles. The van der Waals surface area contributed by atoms with Gasteiger partial charge in [0.05, 0.1) is 12.5 Å². The minimum atomic E-state index is -1.16. The third kappa shape index (κ3) is 9.36. The summed E-state index contributed by atoms with van der Waals surface area (Å²) in [7, 11) is 0.122. The molecule has 0 spiro atoms. The molecule has 0 aliphatic heterocycles. The molecular formula is C28H38BrN3O6Si. The zero-order chi connectivity index (χ0) is 28.8. The monoisotopic (exact) mass is 619 g/mol. The van der Waals surface area contributed by atoms with Crippen LogP contribution < -0.4 is 10.1 Å².